The molecule has 2 rings (SSSR count). The molecular formula is C9H17N3O2. The van der Waals surface area contributed by atoms with Gasteiger partial charge in [0.25, 0.3) is 0 Å². The molecule has 14 heavy (non-hydrogen) atoms. The van der Waals surface area contributed by atoms with Crippen molar-refractivity contribution < 1.29 is 9.63 Å². The topological polar surface area (TPSA) is 62.4 Å². The van der Waals surface area contributed by atoms with E-state index in [2.05, 4.69) is 16.1 Å². The molecule has 3 N–H and O–H groups in total. The first-order valence-electron chi connectivity index (χ1n) is 5.27. The van der Waals surface area contributed by atoms with Crippen LogP contribution in [0.5, 0.6) is 0 Å². The monoisotopic (exact) mass is 199 g/mol. The van der Waals surface area contributed by atoms with Crippen molar-refractivity contribution in [3.63, 3.8) is 0 Å². The Bertz CT molecular complexity index is 200. The van der Waals surface area contributed by atoms with Crippen molar-refractivity contribution >= 4 is 6.03 Å². The number of piperidine rings is 1. The number of urea groups is 1. The summed E-state index contributed by atoms with van der Waals surface area (Å²) in [5, 5.41) is 6.01. The van der Waals surface area contributed by atoms with E-state index >= 15 is 0 Å². The van der Waals surface area contributed by atoms with E-state index in [-0.39, 0.29) is 12.1 Å². The second-order valence-electron chi connectivity index (χ2n) is 3.94. The van der Waals surface area contributed by atoms with Crippen LogP contribution >= 0.6 is 0 Å². The Morgan fingerprint density at radius 1 is 1.36 bits per heavy atom. The lowest BCUT2D eigenvalue weighted by Crippen LogP contribution is -2.43. The second kappa shape index (κ2) is 4.61. The molecule has 2 amide bonds. The average Bonchev–Trinajstić information content (AvgIpc) is 3.00. The molecule has 0 bridgehead atoms. The summed E-state index contributed by atoms with van der Waals surface area (Å²) in [5.41, 5.74) is 2.43. The zero-order valence-electron chi connectivity index (χ0n) is 8.21. The highest BCUT2D eigenvalue weighted by Crippen LogP contribution is 2.18. The first-order chi connectivity index (χ1) is 6.84. The van der Waals surface area contributed by atoms with Crippen molar-refractivity contribution in [1.82, 2.24) is 16.1 Å². The van der Waals surface area contributed by atoms with Crippen LogP contribution in [0.1, 0.15) is 25.7 Å². The molecule has 1 aliphatic heterocycles. The first kappa shape index (κ1) is 9.73. The molecule has 5 heteroatoms. The van der Waals surface area contributed by atoms with Crippen LogP contribution in [0.3, 0.4) is 0 Å². The molecule has 1 heterocycles. The molecule has 1 aliphatic carbocycles. The highest BCUT2D eigenvalue weighted by Gasteiger charge is 2.23. The lowest BCUT2D eigenvalue weighted by Gasteiger charge is -2.22. The van der Waals surface area contributed by atoms with Crippen molar-refractivity contribution in [1.29, 1.82) is 0 Å². The molecule has 2 aliphatic rings. The number of amides is 2. The van der Waals surface area contributed by atoms with E-state index in [9.17, 15) is 4.79 Å². The van der Waals surface area contributed by atoms with E-state index in [1.165, 1.54) is 0 Å². The standard InChI is InChI=1S/C9H17N3O2/c13-9(11-7-3-4-7)12-14-8-2-1-5-10-6-8/h7-8,10H,1-6H2,(H2,11,12,13). The number of carbonyl (C=O) groups excluding carboxylic acids is 1. The highest BCUT2D eigenvalue weighted by atomic mass is 16.7. The Morgan fingerprint density at radius 3 is 2.86 bits per heavy atom. The summed E-state index contributed by atoms with van der Waals surface area (Å²) in [5.74, 6) is 0. The summed E-state index contributed by atoms with van der Waals surface area (Å²) in [6, 6.07) is 0.168. The largest absolute Gasteiger partial charge is 0.338 e. The van der Waals surface area contributed by atoms with Gasteiger partial charge in [-0.25, -0.2) is 10.3 Å². The fourth-order valence-electron chi connectivity index (χ4n) is 1.50. The molecule has 0 aromatic carbocycles. The molecule has 0 spiro atoms. The van der Waals surface area contributed by atoms with Crippen LogP contribution in [-0.2, 0) is 4.84 Å². The van der Waals surface area contributed by atoms with E-state index in [1.54, 1.807) is 0 Å². The molecule has 1 saturated heterocycles. The average molecular weight is 199 g/mol. The van der Waals surface area contributed by atoms with Gasteiger partial charge in [-0.3, -0.25) is 4.84 Å². The quantitative estimate of drug-likeness (QED) is 0.566. The third-order valence-corrected chi connectivity index (χ3v) is 2.48. The van der Waals surface area contributed by atoms with Crippen LogP contribution in [0.4, 0.5) is 4.79 Å². The maximum atomic E-state index is 11.2. The van der Waals surface area contributed by atoms with Crippen molar-refractivity contribution in [3.05, 3.63) is 0 Å². The third kappa shape index (κ3) is 3.16. The van der Waals surface area contributed by atoms with Crippen LogP contribution in [-0.4, -0.2) is 31.3 Å². The van der Waals surface area contributed by atoms with Gasteiger partial charge in [0.2, 0.25) is 0 Å². The highest BCUT2D eigenvalue weighted by molar-refractivity contribution is 5.73. The molecular weight excluding hydrogens is 182 g/mol. The lowest BCUT2D eigenvalue weighted by atomic mass is 10.1. The molecule has 1 unspecified atom stereocenters. The molecule has 80 valence electrons. The van der Waals surface area contributed by atoms with Crippen LogP contribution < -0.4 is 16.1 Å². The summed E-state index contributed by atoms with van der Waals surface area (Å²) >= 11 is 0. The molecule has 5 nitrogen and oxygen atoms in total. The van der Waals surface area contributed by atoms with E-state index in [4.69, 9.17) is 4.84 Å². The Balaban J connectivity index is 1.57. The van der Waals surface area contributed by atoms with E-state index in [0.29, 0.717) is 6.04 Å². The lowest BCUT2D eigenvalue weighted by molar-refractivity contribution is -0.0154. The SMILES string of the molecule is O=C(NOC1CCCNC1)NC1CC1. The van der Waals surface area contributed by atoms with Crippen LogP contribution in [0, 0.1) is 0 Å². The minimum atomic E-state index is -0.210. The van der Waals surface area contributed by atoms with Gasteiger partial charge in [0, 0.05) is 12.6 Å². The normalized spacial score (nSPS) is 27.0. The molecule has 0 radical (unpaired) electrons. The summed E-state index contributed by atoms with van der Waals surface area (Å²) < 4.78 is 0. The Hall–Kier alpha value is -0.810. The summed E-state index contributed by atoms with van der Waals surface area (Å²) in [4.78, 5) is 16.4. The molecule has 1 atom stereocenters. The van der Waals surface area contributed by atoms with Crippen molar-refractivity contribution in [3.8, 4) is 0 Å². The van der Waals surface area contributed by atoms with Crippen molar-refractivity contribution in [2.75, 3.05) is 13.1 Å². The second-order valence-corrected chi connectivity index (χ2v) is 3.94. The zero-order chi connectivity index (χ0) is 9.80. The number of hydrogen-bond acceptors (Lipinski definition) is 3. The van der Waals surface area contributed by atoms with Crippen LogP contribution in [0.2, 0.25) is 0 Å². The Labute approximate surface area is 83.5 Å². The Morgan fingerprint density at radius 2 is 2.21 bits per heavy atom. The number of hydrogen-bond donors (Lipinski definition) is 3. The third-order valence-electron chi connectivity index (χ3n) is 2.48. The van der Waals surface area contributed by atoms with Gasteiger partial charge in [-0.05, 0) is 32.2 Å². The van der Waals surface area contributed by atoms with Gasteiger partial charge in [0.05, 0.1) is 6.10 Å². The molecule has 0 aromatic heterocycles. The molecule has 1 saturated carbocycles. The zero-order valence-corrected chi connectivity index (χ0v) is 8.21. The minimum Gasteiger partial charge on any atom is -0.334 e. The van der Waals surface area contributed by atoms with E-state index in [0.717, 1.165) is 38.8 Å². The molecule has 2 fully saturated rings. The fraction of sp³-hybridized carbons (Fsp3) is 0.889. The summed E-state index contributed by atoms with van der Waals surface area (Å²) in [6.07, 6.45) is 4.43. The summed E-state index contributed by atoms with van der Waals surface area (Å²) in [6.45, 7) is 1.87. The van der Waals surface area contributed by atoms with Crippen LogP contribution in [0.15, 0.2) is 0 Å². The molecule has 0 aromatic rings. The van der Waals surface area contributed by atoms with E-state index < -0.39 is 0 Å². The number of rotatable bonds is 3. The van der Waals surface area contributed by atoms with Gasteiger partial charge < -0.3 is 10.6 Å². The smallest absolute Gasteiger partial charge is 0.334 e. The van der Waals surface area contributed by atoms with Gasteiger partial charge in [-0.1, -0.05) is 0 Å². The van der Waals surface area contributed by atoms with Gasteiger partial charge >= 0.3 is 6.03 Å². The summed E-state index contributed by atoms with van der Waals surface area (Å²) in [7, 11) is 0. The maximum Gasteiger partial charge on any atom is 0.338 e. The predicted octanol–water partition coefficient (Wildman–Crippen LogP) is 0.132. The van der Waals surface area contributed by atoms with E-state index in [1.807, 2.05) is 0 Å². The predicted molar refractivity (Wildman–Crippen MR) is 51.7 cm³/mol. The van der Waals surface area contributed by atoms with Gasteiger partial charge in [-0.2, -0.15) is 0 Å². The van der Waals surface area contributed by atoms with Crippen LogP contribution in [0.25, 0.3) is 0 Å². The Kier molecular flexibility index (Phi) is 3.21. The van der Waals surface area contributed by atoms with Crippen molar-refractivity contribution in [2.45, 2.75) is 37.8 Å². The maximum absolute atomic E-state index is 11.2. The van der Waals surface area contributed by atoms with Gasteiger partial charge in [0.15, 0.2) is 0 Å². The first-order valence-corrected chi connectivity index (χ1v) is 5.27. The van der Waals surface area contributed by atoms with Crippen molar-refractivity contribution in [2.24, 2.45) is 0 Å². The number of nitrogens with one attached hydrogen (secondary N) is 3. The van der Waals surface area contributed by atoms with Gasteiger partial charge in [-0.15, -0.1) is 0 Å². The minimum absolute atomic E-state index is 0.119. The number of hydroxylamine groups is 1. The fourth-order valence-corrected chi connectivity index (χ4v) is 1.50. The van der Waals surface area contributed by atoms with Gasteiger partial charge in [0.1, 0.15) is 0 Å². The number of carbonyl (C=O) groups is 1.